The molecule has 1 heterocycles. The van der Waals surface area contributed by atoms with E-state index in [0.29, 0.717) is 0 Å². The molecule has 0 radical (unpaired) electrons. The van der Waals surface area contributed by atoms with E-state index >= 15 is 0 Å². The largest absolute Gasteiger partial charge is 0.392 e. The van der Waals surface area contributed by atoms with Crippen LogP contribution in [0.25, 0.3) is 0 Å². The molecule has 0 bridgehead atoms. The molecule has 0 saturated carbocycles. The van der Waals surface area contributed by atoms with Gasteiger partial charge in [-0.3, -0.25) is 4.68 Å². The molecule has 0 atom stereocenters. The first-order valence-electron chi connectivity index (χ1n) is 5.90. The van der Waals surface area contributed by atoms with Crippen LogP contribution in [0.15, 0.2) is 35.4 Å². The monoisotopic (exact) mass is 296 g/mol. The third kappa shape index (κ3) is 3.16. The first-order chi connectivity index (χ1) is 9.42. The number of aliphatic hydroxyl groups excluding tert-OH is 1. The highest BCUT2D eigenvalue weighted by Crippen LogP contribution is 2.16. The van der Waals surface area contributed by atoms with Gasteiger partial charge in [0.1, 0.15) is 4.90 Å². The third-order valence-corrected chi connectivity index (χ3v) is 4.17. The number of nitrogens with zero attached hydrogens (tertiary/aromatic N) is 2. The number of benzene rings is 1. The van der Waals surface area contributed by atoms with Crippen molar-refractivity contribution >= 4 is 15.8 Å². The molecule has 1 aromatic heterocycles. The summed E-state index contributed by atoms with van der Waals surface area (Å²) < 4.78 is 28.0. The van der Waals surface area contributed by atoms with Crippen LogP contribution >= 0.6 is 0 Å². The van der Waals surface area contributed by atoms with Crippen LogP contribution in [0.5, 0.6) is 0 Å². The van der Waals surface area contributed by atoms with Crippen LogP contribution in [0.2, 0.25) is 0 Å². The Morgan fingerprint density at radius 2 is 2.10 bits per heavy atom. The van der Waals surface area contributed by atoms with Gasteiger partial charge in [-0.15, -0.1) is 0 Å². The minimum Gasteiger partial charge on any atom is -0.392 e. The summed E-state index contributed by atoms with van der Waals surface area (Å²) in [6.07, 6.45) is 1.35. The Morgan fingerprint density at radius 1 is 1.40 bits per heavy atom. The summed E-state index contributed by atoms with van der Waals surface area (Å²) in [6, 6.07) is 7.02. The second kappa shape index (κ2) is 5.61. The zero-order chi connectivity index (χ0) is 14.8. The lowest BCUT2D eigenvalue weighted by atomic mass is 10.1. The molecule has 2 rings (SSSR count). The molecule has 7 nitrogen and oxygen atoms in total. The predicted octanol–water partition coefficient (Wildman–Crippen LogP) is -0.0269. The first kappa shape index (κ1) is 14.5. The van der Waals surface area contributed by atoms with Crippen molar-refractivity contribution in [3.05, 3.63) is 41.6 Å². The lowest BCUT2D eigenvalue weighted by molar-refractivity contribution is 0.281. The van der Waals surface area contributed by atoms with Crippen molar-refractivity contribution in [3.8, 4) is 0 Å². The van der Waals surface area contributed by atoms with Crippen molar-refractivity contribution < 1.29 is 13.5 Å². The summed E-state index contributed by atoms with van der Waals surface area (Å²) in [6.45, 7) is 0.0284. The summed E-state index contributed by atoms with van der Waals surface area (Å²) in [4.78, 5) is -0.0432. The molecule has 1 aromatic carbocycles. The van der Waals surface area contributed by atoms with Gasteiger partial charge < -0.3 is 10.8 Å². The Morgan fingerprint density at radius 3 is 2.70 bits per heavy atom. The van der Waals surface area contributed by atoms with Crippen LogP contribution in [-0.2, 0) is 30.2 Å². The van der Waals surface area contributed by atoms with E-state index in [4.69, 9.17) is 10.8 Å². The Balaban J connectivity index is 2.15. The van der Waals surface area contributed by atoms with E-state index in [9.17, 15) is 8.42 Å². The lowest BCUT2D eigenvalue weighted by Gasteiger charge is -2.06. The van der Waals surface area contributed by atoms with E-state index < -0.39 is 10.0 Å². The van der Waals surface area contributed by atoms with Crippen LogP contribution < -0.4 is 10.5 Å². The van der Waals surface area contributed by atoms with Crippen LogP contribution in [0.4, 0.5) is 5.82 Å². The fourth-order valence-electron chi connectivity index (χ4n) is 1.79. The van der Waals surface area contributed by atoms with E-state index in [0.717, 1.165) is 11.1 Å². The first-order valence-corrected chi connectivity index (χ1v) is 7.38. The Labute approximate surface area is 117 Å². The van der Waals surface area contributed by atoms with E-state index in [1.54, 1.807) is 31.3 Å². The second-order valence-electron chi connectivity index (χ2n) is 4.35. The summed E-state index contributed by atoms with van der Waals surface area (Å²) in [5, 5.41) is 12.8. The molecule has 8 heteroatoms. The number of nitrogen functional groups attached to an aromatic ring is 1. The van der Waals surface area contributed by atoms with Gasteiger partial charge in [0.05, 0.1) is 6.61 Å². The van der Waals surface area contributed by atoms with Gasteiger partial charge in [0.2, 0.25) is 10.0 Å². The normalized spacial score (nSPS) is 11.7. The van der Waals surface area contributed by atoms with Gasteiger partial charge >= 0.3 is 0 Å². The van der Waals surface area contributed by atoms with Gasteiger partial charge in [-0.25, -0.2) is 13.1 Å². The molecule has 4 N–H and O–H groups in total. The van der Waals surface area contributed by atoms with Gasteiger partial charge in [-0.1, -0.05) is 24.3 Å². The van der Waals surface area contributed by atoms with Crippen molar-refractivity contribution in [2.45, 2.75) is 18.0 Å². The minimum atomic E-state index is -3.71. The number of aryl methyl sites for hydroxylation is 1. The maximum absolute atomic E-state index is 12.1. The number of nitrogens with one attached hydrogen (secondary N) is 1. The van der Waals surface area contributed by atoms with Crippen molar-refractivity contribution in [2.24, 2.45) is 7.05 Å². The molecular weight excluding hydrogens is 280 g/mol. The van der Waals surface area contributed by atoms with E-state index in [1.165, 1.54) is 10.9 Å². The molecule has 20 heavy (non-hydrogen) atoms. The second-order valence-corrected chi connectivity index (χ2v) is 6.09. The summed E-state index contributed by atoms with van der Waals surface area (Å²) in [5.74, 6) is -0.0379. The molecule has 108 valence electrons. The standard InChI is InChI=1S/C12H16N4O3S/c1-16-7-11(12(13)15-16)20(18,19)14-6-9-3-2-4-10(5-9)8-17/h2-5,7,14,17H,6,8H2,1H3,(H2,13,15). The number of nitrogens with two attached hydrogens (primary N) is 1. The van der Waals surface area contributed by atoms with Crippen molar-refractivity contribution in [2.75, 3.05) is 5.73 Å². The third-order valence-electron chi connectivity index (χ3n) is 2.75. The van der Waals surface area contributed by atoms with Crippen molar-refractivity contribution in [1.29, 1.82) is 0 Å². The molecule has 0 amide bonds. The number of hydrogen-bond donors (Lipinski definition) is 3. The van der Waals surface area contributed by atoms with Gasteiger partial charge in [0.25, 0.3) is 0 Å². The molecule has 0 unspecified atom stereocenters. The van der Waals surface area contributed by atoms with Crippen LogP contribution in [0.1, 0.15) is 11.1 Å². The highest BCUT2D eigenvalue weighted by Gasteiger charge is 2.20. The fraction of sp³-hybridized carbons (Fsp3) is 0.250. The fourth-order valence-corrected chi connectivity index (χ4v) is 2.90. The van der Waals surface area contributed by atoms with Gasteiger partial charge in [0, 0.05) is 19.8 Å². The van der Waals surface area contributed by atoms with Gasteiger partial charge in [0.15, 0.2) is 5.82 Å². The number of aromatic nitrogens is 2. The molecule has 0 fully saturated rings. The Bertz CT molecular complexity index is 709. The number of anilines is 1. The Kier molecular flexibility index (Phi) is 4.07. The van der Waals surface area contributed by atoms with Gasteiger partial charge in [-0.05, 0) is 11.1 Å². The zero-order valence-corrected chi connectivity index (χ0v) is 11.8. The van der Waals surface area contributed by atoms with E-state index in [2.05, 4.69) is 9.82 Å². The topological polar surface area (TPSA) is 110 Å². The maximum Gasteiger partial charge on any atom is 0.246 e. The van der Waals surface area contributed by atoms with Crippen molar-refractivity contribution in [3.63, 3.8) is 0 Å². The summed E-state index contributed by atoms with van der Waals surface area (Å²) in [7, 11) is -2.11. The molecule has 0 aliphatic heterocycles. The van der Waals surface area contributed by atoms with Gasteiger partial charge in [-0.2, -0.15) is 5.10 Å². The average molecular weight is 296 g/mol. The lowest BCUT2D eigenvalue weighted by Crippen LogP contribution is -2.23. The minimum absolute atomic E-state index is 0.0379. The zero-order valence-electron chi connectivity index (χ0n) is 10.9. The Hall–Kier alpha value is -1.90. The molecular formula is C12H16N4O3S. The van der Waals surface area contributed by atoms with E-state index in [-0.39, 0.29) is 23.9 Å². The average Bonchev–Trinajstić information content (AvgIpc) is 2.77. The molecule has 0 aliphatic rings. The molecule has 0 spiro atoms. The highest BCUT2D eigenvalue weighted by atomic mass is 32.2. The van der Waals surface area contributed by atoms with Crippen LogP contribution in [0, 0.1) is 0 Å². The predicted molar refractivity (Wildman–Crippen MR) is 74.0 cm³/mol. The summed E-state index contributed by atoms with van der Waals surface area (Å²) in [5.41, 5.74) is 7.03. The number of aliphatic hydroxyl groups is 1. The molecule has 0 saturated heterocycles. The highest BCUT2D eigenvalue weighted by molar-refractivity contribution is 7.89. The van der Waals surface area contributed by atoms with Crippen LogP contribution in [-0.4, -0.2) is 23.3 Å². The van der Waals surface area contributed by atoms with Crippen LogP contribution in [0.3, 0.4) is 0 Å². The SMILES string of the molecule is Cn1cc(S(=O)(=O)NCc2cccc(CO)c2)c(N)n1. The number of hydrogen-bond acceptors (Lipinski definition) is 5. The summed E-state index contributed by atoms with van der Waals surface area (Å²) >= 11 is 0. The maximum atomic E-state index is 12.1. The smallest absolute Gasteiger partial charge is 0.246 e. The number of sulfonamides is 1. The number of rotatable bonds is 5. The quantitative estimate of drug-likeness (QED) is 0.718. The van der Waals surface area contributed by atoms with Crippen molar-refractivity contribution in [1.82, 2.24) is 14.5 Å². The molecule has 0 aliphatic carbocycles. The van der Waals surface area contributed by atoms with E-state index in [1.807, 2.05) is 0 Å². The molecule has 2 aromatic rings.